The quantitative estimate of drug-likeness (QED) is 0.649. The van der Waals surface area contributed by atoms with Crippen LogP contribution in [0.25, 0.3) is 0 Å². The van der Waals surface area contributed by atoms with Crippen LogP contribution in [0.5, 0.6) is 0 Å². The molecule has 0 bridgehead atoms. The third-order valence-electron chi connectivity index (χ3n) is 4.46. The van der Waals surface area contributed by atoms with Crippen molar-refractivity contribution in [1.29, 1.82) is 0 Å². The van der Waals surface area contributed by atoms with Crippen molar-refractivity contribution in [2.24, 2.45) is 0 Å². The average Bonchev–Trinajstić information content (AvgIpc) is 2.65. The molecule has 0 atom stereocenters. The van der Waals surface area contributed by atoms with E-state index in [2.05, 4.69) is 15.0 Å². The lowest BCUT2D eigenvalue weighted by atomic mass is 10.1. The number of nitrogens with one attached hydrogen (secondary N) is 2. The fraction of sp³-hybridized carbons (Fsp3) is 0.190. The molecule has 1 aromatic heterocycles. The first-order chi connectivity index (χ1) is 13.2. The fourth-order valence-electron chi connectivity index (χ4n) is 2.62. The van der Waals surface area contributed by atoms with Crippen molar-refractivity contribution >= 4 is 32.9 Å². The van der Waals surface area contributed by atoms with Gasteiger partial charge in [0.25, 0.3) is 10.0 Å². The van der Waals surface area contributed by atoms with Crippen LogP contribution in [0.1, 0.15) is 11.1 Å². The van der Waals surface area contributed by atoms with Crippen molar-refractivity contribution in [3.8, 4) is 0 Å². The summed E-state index contributed by atoms with van der Waals surface area (Å²) in [5, 5.41) is 3.25. The minimum absolute atomic E-state index is 0.223. The van der Waals surface area contributed by atoms with Crippen molar-refractivity contribution in [2.45, 2.75) is 18.7 Å². The molecule has 146 valence electrons. The van der Waals surface area contributed by atoms with Crippen LogP contribution in [0.15, 0.2) is 65.7 Å². The summed E-state index contributed by atoms with van der Waals surface area (Å²) in [5.74, 6) is 0.270. The molecular formula is C21H24N4O2S. The van der Waals surface area contributed by atoms with Crippen molar-refractivity contribution in [1.82, 2.24) is 4.98 Å². The second kappa shape index (κ2) is 7.90. The van der Waals surface area contributed by atoms with Gasteiger partial charge in [0.05, 0.1) is 16.8 Å². The van der Waals surface area contributed by atoms with Crippen molar-refractivity contribution < 1.29 is 8.42 Å². The molecule has 0 amide bonds. The van der Waals surface area contributed by atoms with Crippen molar-refractivity contribution in [3.05, 3.63) is 71.9 Å². The maximum atomic E-state index is 12.6. The number of sulfonamides is 1. The zero-order valence-corrected chi connectivity index (χ0v) is 17.2. The number of rotatable bonds is 6. The van der Waals surface area contributed by atoms with Gasteiger partial charge in [-0.1, -0.05) is 6.07 Å². The molecule has 0 unspecified atom stereocenters. The third-order valence-corrected chi connectivity index (χ3v) is 5.82. The zero-order valence-electron chi connectivity index (χ0n) is 16.4. The smallest absolute Gasteiger partial charge is 0.263 e. The van der Waals surface area contributed by atoms with Gasteiger partial charge in [-0.15, -0.1) is 0 Å². The predicted molar refractivity (Wildman–Crippen MR) is 115 cm³/mol. The number of hydrogen-bond donors (Lipinski definition) is 2. The second-order valence-electron chi connectivity index (χ2n) is 6.85. The lowest BCUT2D eigenvalue weighted by Crippen LogP contribution is -2.14. The maximum Gasteiger partial charge on any atom is 0.263 e. The van der Waals surface area contributed by atoms with Crippen LogP contribution in [0, 0.1) is 13.8 Å². The average molecular weight is 397 g/mol. The molecule has 1 heterocycles. The summed E-state index contributed by atoms with van der Waals surface area (Å²) in [6, 6.07) is 16.5. The van der Waals surface area contributed by atoms with Gasteiger partial charge in [0.2, 0.25) is 0 Å². The van der Waals surface area contributed by atoms with Gasteiger partial charge in [-0.05, 0) is 73.5 Å². The first-order valence-electron chi connectivity index (χ1n) is 8.85. The SMILES string of the molecule is Cc1ccc(S(=O)(=O)Nc2ccc(Nc3ccc(N(C)C)cc3)cn2)cc1C. The Morgan fingerprint density at radius 3 is 2.11 bits per heavy atom. The summed E-state index contributed by atoms with van der Waals surface area (Å²) in [6.45, 7) is 3.83. The van der Waals surface area contributed by atoms with Crippen LogP contribution < -0.4 is 14.9 Å². The Bertz CT molecular complexity index is 1060. The Morgan fingerprint density at radius 2 is 1.54 bits per heavy atom. The van der Waals surface area contributed by atoms with Crippen LogP contribution in [0.2, 0.25) is 0 Å². The maximum absolute atomic E-state index is 12.6. The molecular weight excluding hydrogens is 372 g/mol. The van der Waals surface area contributed by atoms with E-state index in [1.165, 1.54) is 0 Å². The van der Waals surface area contributed by atoms with Crippen LogP contribution in [0.3, 0.4) is 0 Å². The first kappa shape index (κ1) is 19.7. The summed E-state index contributed by atoms with van der Waals surface area (Å²) in [6.07, 6.45) is 1.60. The Balaban J connectivity index is 1.70. The summed E-state index contributed by atoms with van der Waals surface area (Å²) < 4.78 is 27.6. The van der Waals surface area contributed by atoms with Crippen molar-refractivity contribution in [2.75, 3.05) is 29.0 Å². The van der Waals surface area contributed by atoms with Crippen LogP contribution >= 0.6 is 0 Å². The highest BCUT2D eigenvalue weighted by Crippen LogP contribution is 2.22. The molecule has 2 aromatic carbocycles. The second-order valence-corrected chi connectivity index (χ2v) is 8.53. The van der Waals surface area contributed by atoms with Gasteiger partial charge in [0.15, 0.2) is 0 Å². The van der Waals surface area contributed by atoms with Gasteiger partial charge < -0.3 is 10.2 Å². The Hall–Kier alpha value is -3.06. The molecule has 2 N–H and O–H groups in total. The highest BCUT2D eigenvalue weighted by atomic mass is 32.2. The minimum atomic E-state index is -3.67. The number of aryl methyl sites for hydroxylation is 2. The number of benzene rings is 2. The highest BCUT2D eigenvalue weighted by Gasteiger charge is 2.15. The molecule has 0 aliphatic heterocycles. The molecule has 0 saturated carbocycles. The van der Waals surface area contributed by atoms with E-state index in [1.807, 2.05) is 57.1 Å². The van der Waals surface area contributed by atoms with E-state index in [0.29, 0.717) is 0 Å². The minimum Gasteiger partial charge on any atom is -0.378 e. The molecule has 0 spiro atoms. The van der Waals surface area contributed by atoms with E-state index in [1.54, 1.807) is 36.5 Å². The number of anilines is 4. The number of aromatic nitrogens is 1. The van der Waals surface area contributed by atoms with E-state index in [9.17, 15) is 8.42 Å². The standard InChI is InChI=1S/C21H24N4O2S/c1-15-5-11-20(13-16(15)2)28(26,27)24-21-12-8-18(14-22-21)23-17-6-9-19(10-7-17)25(3)4/h5-14,23H,1-4H3,(H,22,24). The van der Waals surface area contributed by atoms with Gasteiger partial charge in [-0.25, -0.2) is 13.4 Å². The van der Waals surface area contributed by atoms with Crippen molar-refractivity contribution in [3.63, 3.8) is 0 Å². The normalized spacial score (nSPS) is 11.1. The van der Waals surface area contributed by atoms with E-state index in [-0.39, 0.29) is 10.7 Å². The monoisotopic (exact) mass is 396 g/mol. The highest BCUT2D eigenvalue weighted by molar-refractivity contribution is 7.92. The molecule has 0 aliphatic rings. The molecule has 0 saturated heterocycles. The predicted octanol–water partition coefficient (Wildman–Crippen LogP) is 4.31. The van der Waals surface area contributed by atoms with Gasteiger partial charge >= 0.3 is 0 Å². The Labute approximate surface area is 166 Å². The molecule has 28 heavy (non-hydrogen) atoms. The van der Waals surface area contributed by atoms with E-state index >= 15 is 0 Å². The molecule has 0 aliphatic carbocycles. The topological polar surface area (TPSA) is 74.3 Å². The lowest BCUT2D eigenvalue weighted by Gasteiger charge is -2.13. The number of nitrogens with zero attached hydrogens (tertiary/aromatic N) is 2. The van der Waals surface area contributed by atoms with E-state index in [4.69, 9.17) is 0 Å². The zero-order chi connectivity index (χ0) is 20.3. The van der Waals surface area contributed by atoms with Gasteiger partial charge in [-0.2, -0.15) is 0 Å². The fourth-order valence-corrected chi connectivity index (χ4v) is 3.71. The summed E-state index contributed by atoms with van der Waals surface area (Å²) in [7, 11) is 0.305. The third kappa shape index (κ3) is 4.61. The lowest BCUT2D eigenvalue weighted by molar-refractivity contribution is 0.601. The Kier molecular flexibility index (Phi) is 5.56. The Morgan fingerprint density at radius 1 is 0.857 bits per heavy atom. The van der Waals surface area contributed by atoms with Gasteiger partial charge in [-0.3, -0.25) is 4.72 Å². The first-order valence-corrected chi connectivity index (χ1v) is 10.3. The summed E-state index contributed by atoms with van der Waals surface area (Å²) in [4.78, 5) is 6.46. The van der Waals surface area contributed by atoms with Crippen LogP contribution in [-0.4, -0.2) is 27.5 Å². The molecule has 6 nitrogen and oxygen atoms in total. The van der Waals surface area contributed by atoms with Crippen LogP contribution in [-0.2, 0) is 10.0 Å². The largest absolute Gasteiger partial charge is 0.378 e. The van der Waals surface area contributed by atoms with E-state index in [0.717, 1.165) is 28.2 Å². The molecule has 0 fully saturated rings. The number of hydrogen-bond acceptors (Lipinski definition) is 5. The molecule has 7 heteroatoms. The molecule has 3 rings (SSSR count). The van der Waals surface area contributed by atoms with Crippen LogP contribution in [0.4, 0.5) is 22.9 Å². The number of pyridine rings is 1. The van der Waals surface area contributed by atoms with E-state index < -0.39 is 10.0 Å². The van der Waals surface area contributed by atoms with Gasteiger partial charge in [0, 0.05) is 25.5 Å². The molecule has 3 aromatic rings. The van der Waals surface area contributed by atoms with Gasteiger partial charge in [0.1, 0.15) is 5.82 Å². The summed E-state index contributed by atoms with van der Waals surface area (Å²) in [5.41, 5.74) is 4.78. The summed E-state index contributed by atoms with van der Waals surface area (Å²) >= 11 is 0. The molecule has 0 radical (unpaired) electrons.